The molecule has 0 bridgehead atoms. The van der Waals surface area contributed by atoms with Gasteiger partial charge in [0.05, 0.1) is 6.42 Å². The Morgan fingerprint density at radius 3 is 2.57 bits per heavy atom. The first-order valence-corrected chi connectivity index (χ1v) is 6.62. The minimum absolute atomic E-state index is 0.101. The highest BCUT2D eigenvalue weighted by molar-refractivity contribution is 5.92. The molecule has 110 valence electrons. The number of amides is 1. The Balaban J connectivity index is 2.10. The number of nitrogens with one attached hydrogen (secondary N) is 1. The number of phenolic OH excluding ortho intramolecular Hbond substituents is 3. The van der Waals surface area contributed by atoms with E-state index in [1.165, 1.54) is 12.1 Å². The smallest absolute Gasteiger partial charge is 0.228 e. The third kappa shape index (κ3) is 3.45. The van der Waals surface area contributed by atoms with E-state index in [2.05, 4.69) is 5.32 Å². The van der Waals surface area contributed by atoms with Gasteiger partial charge in [0.25, 0.3) is 0 Å². The maximum absolute atomic E-state index is 12.0. The van der Waals surface area contributed by atoms with Gasteiger partial charge in [-0.2, -0.15) is 0 Å². The molecule has 2 rings (SSSR count). The highest BCUT2D eigenvalue weighted by atomic mass is 16.3. The van der Waals surface area contributed by atoms with Crippen molar-refractivity contribution in [3.05, 3.63) is 47.5 Å². The molecule has 5 nitrogen and oxygen atoms in total. The molecule has 0 fully saturated rings. The van der Waals surface area contributed by atoms with Gasteiger partial charge in [0.15, 0.2) is 11.5 Å². The van der Waals surface area contributed by atoms with Gasteiger partial charge in [0.1, 0.15) is 0 Å². The van der Waals surface area contributed by atoms with Crippen molar-refractivity contribution in [1.29, 1.82) is 0 Å². The van der Waals surface area contributed by atoms with Gasteiger partial charge in [0, 0.05) is 11.3 Å². The summed E-state index contributed by atoms with van der Waals surface area (Å²) in [6.07, 6.45) is 0.770. The third-order valence-electron chi connectivity index (χ3n) is 3.18. The minimum atomic E-state index is -0.617. The number of benzene rings is 2. The van der Waals surface area contributed by atoms with Gasteiger partial charge in [-0.1, -0.05) is 25.1 Å². The SMILES string of the molecule is CCc1cccc(NC(=O)Cc2ccc(O)c(O)c2O)c1. The van der Waals surface area contributed by atoms with E-state index < -0.39 is 17.2 Å². The lowest BCUT2D eigenvalue weighted by Gasteiger charge is -2.09. The first-order chi connectivity index (χ1) is 10.0. The lowest BCUT2D eigenvalue weighted by Crippen LogP contribution is -2.14. The molecule has 5 heteroatoms. The predicted molar refractivity (Wildman–Crippen MR) is 79.6 cm³/mol. The summed E-state index contributed by atoms with van der Waals surface area (Å²) in [5.74, 6) is -1.84. The van der Waals surface area contributed by atoms with Crippen LogP contribution in [0.4, 0.5) is 5.69 Å². The third-order valence-corrected chi connectivity index (χ3v) is 3.18. The molecule has 0 aliphatic carbocycles. The standard InChI is InChI=1S/C16H17NO4/c1-2-10-4-3-5-12(8-10)17-14(19)9-11-6-7-13(18)16(21)15(11)20/h3-8,18,20-21H,2,9H2,1H3,(H,17,19). The Morgan fingerprint density at radius 2 is 1.86 bits per heavy atom. The van der Waals surface area contributed by atoms with Crippen LogP contribution in [0.2, 0.25) is 0 Å². The number of carbonyl (C=O) groups is 1. The summed E-state index contributed by atoms with van der Waals surface area (Å²) in [6, 6.07) is 10.1. The average molecular weight is 287 g/mol. The second kappa shape index (κ2) is 6.17. The Hall–Kier alpha value is -2.69. The molecule has 21 heavy (non-hydrogen) atoms. The molecular weight excluding hydrogens is 270 g/mol. The van der Waals surface area contributed by atoms with Crippen molar-refractivity contribution in [2.45, 2.75) is 19.8 Å². The van der Waals surface area contributed by atoms with Crippen LogP contribution in [0.5, 0.6) is 17.2 Å². The maximum atomic E-state index is 12.0. The minimum Gasteiger partial charge on any atom is -0.504 e. The van der Waals surface area contributed by atoms with E-state index in [1.54, 1.807) is 6.07 Å². The zero-order valence-corrected chi connectivity index (χ0v) is 11.6. The molecule has 0 unspecified atom stereocenters. The summed E-state index contributed by atoms with van der Waals surface area (Å²) in [4.78, 5) is 12.0. The summed E-state index contributed by atoms with van der Waals surface area (Å²) < 4.78 is 0. The van der Waals surface area contributed by atoms with Crippen LogP contribution in [-0.4, -0.2) is 21.2 Å². The molecule has 0 aliphatic heterocycles. The van der Waals surface area contributed by atoms with E-state index in [4.69, 9.17) is 0 Å². The quantitative estimate of drug-likeness (QED) is 0.651. The van der Waals surface area contributed by atoms with Gasteiger partial charge in [-0.15, -0.1) is 0 Å². The Morgan fingerprint density at radius 1 is 1.10 bits per heavy atom. The van der Waals surface area contributed by atoms with E-state index in [0.717, 1.165) is 12.0 Å². The van der Waals surface area contributed by atoms with Crippen molar-refractivity contribution in [3.8, 4) is 17.2 Å². The van der Waals surface area contributed by atoms with Crippen LogP contribution < -0.4 is 5.32 Å². The van der Waals surface area contributed by atoms with Crippen molar-refractivity contribution in [2.24, 2.45) is 0 Å². The van der Waals surface area contributed by atoms with Crippen molar-refractivity contribution < 1.29 is 20.1 Å². The first-order valence-electron chi connectivity index (χ1n) is 6.62. The van der Waals surface area contributed by atoms with Gasteiger partial charge in [0.2, 0.25) is 11.7 Å². The molecule has 0 radical (unpaired) electrons. The number of hydrogen-bond donors (Lipinski definition) is 4. The number of aromatic hydroxyl groups is 3. The van der Waals surface area contributed by atoms with Crippen molar-refractivity contribution in [3.63, 3.8) is 0 Å². The van der Waals surface area contributed by atoms with Gasteiger partial charge in [-0.25, -0.2) is 0 Å². The second-order valence-corrected chi connectivity index (χ2v) is 4.72. The van der Waals surface area contributed by atoms with Crippen LogP contribution in [0.3, 0.4) is 0 Å². The van der Waals surface area contributed by atoms with Crippen LogP contribution in [0.25, 0.3) is 0 Å². The van der Waals surface area contributed by atoms with E-state index in [-0.39, 0.29) is 17.9 Å². The molecule has 0 aliphatic rings. The maximum Gasteiger partial charge on any atom is 0.228 e. The highest BCUT2D eigenvalue weighted by Gasteiger charge is 2.14. The zero-order valence-electron chi connectivity index (χ0n) is 11.6. The summed E-state index contributed by atoms with van der Waals surface area (Å²) in [7, 11) is 0. The molecule has 0 heterocycles. The lowest BCUT2D eigenvalue weighted by atomic mass is 10.1. The Kier molecular flexibility index (Phi) is 4.33. The topological polar surface area (TPSA) is 89.8 Å². The predicted octanol–water partition coefficient (Wildman–Crippen LogP) is 2.55. The summed E-state index contributed by atoms with van der Waals surface area (Å²) in [5, 5.41) is 31.1. The Labute approximate surface area is 122 Å². The van der Waals surface area contributed by atoms with Gasteiger partial charge in [-0.05, 0) is 30.2 Å². The summed E-state index contributed by atoms with van der Waals surface area (Å²) in [5.41, 5.74) is 2.04. The van der Waals surface area contributed by atoms with Crippen LogP contribution in [0, 0.1) is 0 Å². The molecule has 0 saturated heterocycles. The van der Waals surface area contributed by atoms with E-state index >= 15 is 0 Å². The number of aryl methyl sites for hydroxylation is 1. The molecule has 0 atom stereocenters. The van der Waals surface area contributed by atoms with E-state index in [9.17, 15) is 20.1 Å². The molecule has 2 aromatic carbocycles. The zero-order chi connectivity index (χ0) is 15.4. The first kappa shape index (κ1) is 14.7. The molecule has 0 saturated carbocycles. The second-order valence-electron chi connectivity index (χ2n) is 4.72. The van der Waals surface area contributed by atoms with Gasteiger partial charge in [-0.3, -0.25) is 4.79 Å². The number of rotatable bonds is 4. The molecular formula is C16H17NO4. The summed E-state index contributed by atoms with van der Waals surface area (Å²) in [6.45, 7) is 2.03. The highest BCUT2D eigenvalue weighted by Crippen LogP contribution is 2.37. The molecule has 4 N–H and O–H groups in total. The van der Waals surface area contributed by atoms with Gasteiger partial charge < -0.3 is 20.6 Å². The van der Waals surface area contributed by atoms with E-state index in [0.29, 0.717) is 5.69 Å². The van der Waals surface area contributed by atoms with Crippen molar-refractivity contribution in [2.75, 3.05) is 5.32 Å². The number of anilines is 1. The average Bonchev–Trinajstić information content (AvgIpc) is 2.48. The monoisotopic (exact) mass is 287 g/mol. The van der Waals surface area contributed by atoms with E-state index in [1.807, 2.05) is 25.1 Å². The van der Waals surface area contributed by atoms with Crippen LogP contribution >= 0.6 is 0 Å². The number of phenols is 3. The van der Waals surface area contributed by atoms with Gasteiger partial charge >= 0.3 is 0 Å². The molecule has 0 spiro atoms. The van der Waals surface area contributed by atoms with Crippen LogP contribution in [-0.2, 0) is 17.6 Å². The molecule has 2 aromatic rings. The summed E-state index contributed by atoms with van der Waals surface area (Å²) >= 11 is 0. The van der Waals surface area contributed by atoms with Crippen molar-refractivity contribution >= 4 is 11.6 Å². The fraction of sp³-hybridized carbons (Fsp3) is 0.188. The lowest BCUT2D eigenvalue weighted by molar-refractivity contribution is -0.115. The largest absolute Gasteiger partial charge is 0.504 e. The number of hydrogen-bond acceptors (Lipinski definition) is 4. The van der Waals surface area contributed by atoms with Crippen LogP contribution in [0.1, 0.15) is 18.1 Å². The fourth-order valence-electron chi connectivity index (χ4n) is 2.00. The molecule has 1 amide bonds. The molecule has 0 aromatic heterocycles. The van der Waals surface area contributed by atoms with Crippen LogP contribution in [0.15, 0.2) is 36.4 Å². The normalized spacial score (nSPS) is 10.3. The Bertz CT molecular complexity index is 667. The number of carbonyl (C=O) groups excluding carboxylic acids is 1. The fourth-order valence-corrected chi connectivity index (χ4v) is 2.00. The van der Waals surface area contributed by atoms with Crippen molar-refractivity contribution in [1.82, 2.24) is 0 Å².